The molecule has 0 unspecified atom stereocenters. The first-order chi connectivity index (χ1) is 21.9. The first kappa shape index (κ1) is 38.2. The Kier molecular flexibility index (Phi) is 14.8. The largest absolute Gasteiger partial charge is 0.393 e. The van der Waals surface area contributed by atoms with Crippen molar-refractivity contribution in [2.24, 2.45) is 11.8 Å². The first-order valence-electron chi connectivity index (χ1n) is 17.6. The minimum absolute atomic E-state index is 0.00219. The van der Waals surface area contributed by atoms with Gasteiger partial charge in [0.2, 0.25) is 0 Å². The van der Waals surface area contributed by atoms with E-state index in [4.69, 9.17) is 14.2 Å². The van der Waals surface area contributed by atoms with E-state index >= 15 is 0 Å². The highest BCUT2D eigenvalue weighted by atomic mass is 32.2. The smallest absolute Gasteiger partial charge is 0.168 e. The summed E-state index contributed by atoms with van der Waals surface area (Å²) in [6.45, 7) is 12.1. The molecule has 1 spiro atoms. The highest BCUT2D eigenvalue weighted by Gasteiger charge is 2.45. The lowest BCUT2D eigenvalue weighted by Crippen LogP contribution is -2.51. The fourth-order valence-electron chi connectivity index (χ4n) is 7.44. The Bertz CT molecular complexity index is 1040. The molecule has 1 saturated carbocycles. The molecule has 0 bridgehead atoms. The molecule has 1 aromatic carbocycles. The number of aliphatic hydroxyl groups excluding tert-OH is 3. The van der Waals surface area contributed by atoms with Gasteiger partial charge in [-0.1, -0.05) is 62.8 Å². The molecule has 9 heteroatoms. The van der Waals surface area contributed by atoms with Gasteiger partial charge >= 0.3 is 0 Å². The number of thioether (sulfide) groups is 2. The second-order valence-electron chi connectivity index (χ2n) is 14.6. The van der Waals surface area contributed by atoms with Gasteiger partial charge in [-0.25, -0.2) is 0 Å². The molecule has 1 aromatic rings. The fourth-order valence-corrected chi connectivity index (χ4v) is 11.2. The number of hydrogen-bond acceptors (Lipinski definition) is 9. The minimum Gasteiger partial charge on any atom is -0.393 e. The molecule has 4 N–H and O–H groups in total. The summed E-state index contributed by atoms with van der Waals surface area (Å²) in [4.78, 5) is 0. The lowest BCUT2D eigenvalue weighted by molar-refractivity contribution is -0.326. The average molecular weight is 681 g/mol. The van der Waals surface area contributed by atoms with E-state index in [0.29, 0.717) is 45.5 Å². The average Bonchev–Trinajstić information content (AvgIpc) is 3.01. The van der Waals surface area contributed by atoms with Crippen LogP contribution in [0, 0.1) is 11.8 Å². The van der Waals surface area contributed by atoms with Crippen LogP contribution in [0.25, 0.3) is 0 Å². The molecule has 2 saturated heterocycles. The lowest BCUT2D eigenvalue weighted by Gasteiger charge is -2.48. The molecule has 2 aliphatic heterocycles. The Hall–Kier alpha value is -0.620. The molecule has 3 fully saturated rings. The third-order valence-electron chi connectivity index (χ3n) is 9.91. The highest BCUT2D eigenvalue weighted by molar-refractivity contribution is 8.18. The Morgan fingerprint density at radius 3 is 2.43 bits per heavy atom. The predicted octanol–water partition coefficient (Wildman–Crippen LogP) is 6.85. The van der Waals surface area contributed by atoms with Gasteiger partial charge in [0.1, 0.15) is 0 Å². The topological polar surface area (TPSA) is 109 Å². The van der Waals surface area contributed by atoms with Crippen LogP contribution in [0.4, 0.5) is 0 Å². The van der Waals surface area contributed by atoms with Crippen LogP contribution in [0.1, 0.15) is 103 Å². The molecule has 0 radical (unpaired) electrons. The molecule has 0 amide bonds. The van der Waals surface area contributed by atoms with Crippen molar-refractivity contribution in [2.45, 2.75) is 144 Å². The number of hydrogen-bond donors (Lipinski definition) is 4. The number of ether oxygens (including phenoxy) is 3. The van der Waals surface area contributed by atoms with Crippen molar-refractivity contribution in [2.75, 3.05) is 24.7 Å². The zero-order chi connectivity index (χ0) is 33.2. The molecule has 7 nitrogen and oxygen atoms in total. The van der Waals surface area contributed by atoms with E-state index in [2.05, 4.69) is 20.4 Å². The van der Waals surface area contributed by atoms with Crippen molar-refractivity contribution >= 4 is 23.5 Å². The van der Waals surface area contributed by atoms with Crippen molar-refractivity contribution in [1.29, 1.82) is 0 Å². The summed E-state index contributed by atoms with van der Waals surface area (Å²) in [5.41, 5.74) is 0.913. The second kappa shape index (κ2) is 17.9. The summed E-state index contributed by atoms with van der Waals surface area (Å²) < 4.78 is 18.2. The van der Waals surface area contributed by atoms with Crippen LogP contribution < -0.4 is 0 Å². The number of aliphatic hydroxyl groups is 4. The van der Waals surface area contributed by atoms with Gasteiger partial charge in [0, 0.05) is 37.7 Å². The van der Waals surface area contributed by atoms with Gasteiger partial charge in [0.25, 0.3) is 0 Å². The van der Waals surface area contributed by atoms with E-state index in [1.807, 2.05) is 37.3 Å². The van der Waals surface area contributed by atoms with Gasteiger partial charge in [-0.2, -0.15) is 0 Å². The molecule has 1 aliphatic carbocycles. The molecule has 0 aromatic heterocycles. The van der Waals surface area contributed by atoms with Gasteiger partial charge in [0.05, 0.1) is 47.3 Å². The zero-order valence-electron chi connectivity index (χ0n) is 28.4. The third kappa shape index (κ3) is 11.8. The van der Waals surface area contributed by atoms with Crippen LogP contribution in [-0.2, 0) is 20.8 Å². The van der Waals surface area contributed by atoms with Gasteiger partial charge in [-0.05, 0) is 75.4 Å². The normalized spacial score (nSPS) is 26.9. The maximum Gasteiger partial charge on any atom is 0.168 e. The SMILES string of the molecule is C=C(C[C@H](O)C[C@](C)(O)CC1(C[C@@H](O)C[C@@H](O)CCOCc2ccccc2)SCCCS1)[C@@H](C)[C@@H]1OC2(CCCCC2)OC[C@H]1C. The summed E-state index contributed by atoms with van der Waals surface area (Å²) in [5, 5.41) is 44.6. The van der Waals surface area contributed by atoms with Crippen molar-refractivity contribution in [3.8, 4) is 0 Å². The Balaban J connectivity index is 1.25. The van der Waals surface area contributed by atoms with Crippen molar-refractivity contribution < 1.29 is 34.6 Å². The Morgan fingerprint density at radius 2 is 1.74 bits per heavy atom. The van der Waals surface area contributed by atoms with Crippen molar-refractivity contribution in [3.05, 3.63) is 48.0 Å². The maximum atomic E-state index is 11.6. The molecule has 4 rings (SSSR count). The lowest BCUT2D eigenvalue weighted by atomic mass is 9.82. The Morgan fingerprint density at radius 1 is 1.04 bits per heavy atom. The van der Waals surface area contributed by atoms with E-state index in [1.54, 1.807) is 23.5 Å². The summed E-state index contributed by atoms with van der Waals surface area (Å²) in [7, 11) is 0. The molecule has 2 heterocycles. The van der Waals surface area contributed by atoms with Crippen molar-refractivity contribution in [1.82, 2.24) is 0 Å². The van der Waals surface area contributed by atoms with E-state index < -0.39 is 29.7 Å². The van der Waals surface area contributed by atoms with Crippen LogP contribution in [-0.4, -0.2) is 85.0 Å². The van der Waals surface area contributed by atoms with Gasteiger partial charge in [-0.3, -0.25) is 0 Å². The van der Waals surface area contributed by atoms with Crippen molar-refractivity contribution in [3.63, 3.8) is 0 Å². The fraction of sp³-hybridized carbons (Fsp3) is 0.784. The zero-order valence-corrected chi connectivity index (χ0v) is 30.0. The van der Waals surface area contributed by atoms with Gasteiger partial charge in [0.15, 0.2) is 5.79 Å². The standard InChI is InChI=1S/C37H60O7S2/c1-27(29(3)34-28(2)24-43-36(44-34)15-9-6-10-16-36)20-32(39)22-35(4,41)26-37(45-18-11-19-46-37)23-33(40)21-31(38)14-17-42-25-30-12-7-5-8-13-30/h5,7-8,12-13,28-29,31-34,38-41H,1,6,9-11,14-26H2,2-4H3/t28-,29-,31+,32+,33+,34-,35+/m1/s1. The molecule has 262 valence electrons. The molecular formula is C37H60O7S2. The van der Waals surface area contributed by atoms with E-state index in [1.165, 1.54) is 6.42 Å². The summed E-state index contributed by atoms with van der Waals surface area (Å²) in [6.07, 6.45) is 6.66. The Labute approximate surface area is 286 Å². The maximum absolute atomic E-state index is 11.6. The summed E-state index contributed by atoms with van der Waals surface area (Å²) in [5.74, 6) is 1.78. The van der Waals surface area contributed by atoms with E-state index in [9.17, 15) is 20.4 Å². The third-order valence-corrected chi connectivity index (χ3v) is 13.3. The summed E-state index contributed by atoms with van der Waals surface area (Å²) in [6, 6.07) is 9.95. The predicted molar refractivity (Wildman–Crippen MR) is 189 cm³/mol. The second-order valence-corrected chi connectivity index (χ2v) is 17.8. The minimum atomic E-state index is -1.13. The van der Waals surface area contributed by atoms with E-state index in [0.717, 1.165) is 54.7 Å². The highest BCUT2D eigenvalue weighted by Crippen LogP contribution is 2.51. The van der Waals surface area contributed by atoms with Gasteiger partial charge in [-0.15, -0.1) is 23.5 Å². The number of rotatable bonds is 17. The molecule has 7 atom stereocenters. The van der Waals surface area contributed by atoms with Crippen LogP contribution >= 0.6 is 23.5 Å². The summed E-state index contributed by atoms with van der Waals surface area (Å²) >= 11 is 3.59. The van der Waals surface area contributed by atoms with Gasteiger partial charge < -0.3 is 34.6 Å². The van der Waals surface area contributed by atoms with Crippen LogP contribution in [0.3, 0.4) is 0 Å². The van der Waals surface area contributed by atoms with Crippen LogP contribution in [0.5, 0.6) is 0 Å². The van der Waals surface area contributed by atoms with Crippen LogP contribution in [0.2, 0.25) is 0 Å². The molecular weight excluding hydrogens is 621 g/mol. The van der Waals surface area contributed by atoms with Crippen LogP contribution in [0.15, 0.2) is 42.5 Å². The first-order valence-corrected chi connectivity index (χ1v) is 19.5. The molecule has 3 aliphatic rings. The quantitative estimate of drug-likeness (QED) is 0.104. The van der Waals surface area contributed by atoms with E-state index in [-0.39, 0.29) is 34.9 Å². The molecule has 46 heavy (non-hydrogen) atoms. The number of benzene rings is 1. The monoisotopic (exact) mass is 680 g/mol.